The van der Waals surface area contributed by atoms with Crippen LogP contribution in [-0.4, -0.2) is 28.3 Å². The van der Waals surface area contributed by atoms with Crippen molar-refractivity contribution in [2.24, 2.45) is 4.99 Å². The van der Waals surface area contributed by atoms with E-state index in [1.165, 1.54) is 16.7 Å². The molecular weight excluding hydrogens is 258 g/mol. The number of nitrogens with zero attached hydrogens (tertiary/aromatic N) is 3. The quantitative estimate of drug-likeness (QED) is 0.733. The van der Waals surface area contributed by atoms with Gasteiger partial charge in [0.15, 0.2) is 5.17 Å². The van der Waals surface area contributed by atoms with Gasteiger partial charge in [-0.15, -0.1) is 4.99 Å². The molecule has 1 heterocycles. The lowest BCUT2D eigenvalue weighted by molar-refractivity contribution is 0.0859. The number of thioether (sulfide) groups is 1. The van der Waals surface area contributed by atoms with Crippen molar-refractivity contribution in [3.05, 3.63) is 34.9 Å². The number of benzene rings is 1. The number of hydrogen-bond donors (Lipinski definition) is 0. The van der Waals surface area contributed by atoms with Gasteiger partial charge in [-0.2, -0.15) is 5.26 Å². The summed E-state index contributed by atoms with van der Waals surface area (Å²) in [6, 6.07) is 6.66. The number of carbonyl (C=O) groups excluding carboxylic acids is 1. The number of halogens is 1. The molecule has 1 aliphatic rings. The Labute approximate surface area is 108 Å². The lowest BCUT2D eigenvalue weighted by Crippen LogP contribution is -2.31. The smallest absolute Gasteiger partial charge is 0.259 e. The Morgan fingerprint density at radius 3 is 2.82 bits per heavy atom. The Bertz CT molecular complexity index is 506. The summed E-state index contributed by atoms with van der Waals surface area (Å²) in [6.07, 6.45) is 1.71. The highest BCUT2D eigenvalue weighted by atomic mass is 35.5. The minimum Gasteiger partial charge on any atom is -0.286 e. The summed E-state index contributed by atoms with van der Waals surface area (Å²) < 4.78 is 0. The van der Waals surface area contributed by atoms with Crippen molar-refractivity contribution in [1.82, 2.24) is 4.90 Å². The molecule has 0 aliphatic carbocycles. The summed E-state index contributed by atoms with van der Waals surface area (Å²) in [4.78, 5) is 17.3. The van der Waals surface area contributed by atoms with E-state index in [9.17, 15) is 4.79 Å². The van der Waals surface area contributed by atoms with Crippen molar-refractivity contribution >= 4 is 34.4 Å². The zero-order valence-corrected chi connectivity index (χ0v) is 10.3. The predicted molar refractivity (Wildman–Crippen MR) is 68.0 cm³/mol. The third kappa shape index (κ3) is 2.60. The molecule has 1 fully saturated rings. The number of hydrogen-bond acceptors (Lipinski definition) is 4. The molecule has 0 bridgehead atoms. The van der Waals surface area contributed by atoms with E-state index in [-0.39, 0.29) is 5.91 Å². The van der Waals surface area contributed by atoms with Gasteiger partial charge < -0.3 is 0 Å². The summed E-state index contributed by atoms with van der Waals surface area (Å²) in [7, 11) is 0. The van der Waals surface area contributed by atoms with Gasteiger partial charge >= 0.3 is 0 Å². The average molecular weight is 266 g/mol. The molecule has 0 spiro atoms. The van der Waals surface area contributed by atoms with E-state index in [2.05, 4.69) is 4.99 Å². The lowest BCUT2D eigenvalue weighted by Gasteiger charge is -2.14. The highest BCUT2D eigenvalue weighted by Gasteiger charge is 2.26. The Morgan fingerprint density at radius 1 is 1.47 bits per heavy atom. The fraction of sp³-hybridized carbons (Fsp3) is 0.182. The normalized spacial score (nSPS) is 17.2. The van der Waals surface area contributed by atoms with E-state index in [1.807, 2.05) is 0 Å². The zero-order valence-electron chi connectivity index (χ0n) is 8.76. The first-order valence-electron chi connectivity index (χ1n) is 4.89. The number of rotatable bonds is 1. The molecule has 17 heavy (non-hydrogen) atoms. The molecule has 0 saturated carbocycles. The van der Waals surface area contributed by atoms with E-state index < -0.39 is 0 Å². The van der Waals surface area contributed by atoms with Crippen LogP contribution < -0.4 is 0 Å². The molecule has 86 valence electrons. The Morgan fingerprint density at radius 2 is 2.18 bits per heavy atom. The van der Waals surface area contributed by atoms with Crippen molar-refractivity contribution in [2.75, 3.05) is 12.3 Å². The maximum absolute atomic E-state index is 12.1. The Balaban J connectivity index is 2.23. The molecule has 6 heteroatoms. The Kier molecular flexibility index (Phi) is 3.67. The maximum Gasteiger partial charge on any atom is 0.259 e. The predicted octanol–water partition coefficient (Wildman–Crippen LogP) is 2.37. The van der Waals surface area contributed by atoms with Crippen LogP contribution in [0.4, 0.5) is 0 Å². The lowest BCUT2D eigenvalue weighted by atomic mass is 10.2. The summed E-state index contributed by atoms with van der Waals surface area (Å²) in [5, 5.41) is 9.58. The SMILES string of the molecule is N#CN=C1SCCN1C(=O)c1ccc(Cl)cc1. The van der Waals surface area contributed by atoms with Crippen LogP contribution in [0.3, 0.4) is 0 Å². The first-order valence-corrected chi connectivity index (χ1v) is 6.26. The number of amides is 1. The molecule has 0 N–H and O–H groups in total. The highest BCUT2D eigenvalue weighted by Crippen LogP contribution is 2.21. The van der Waals surface area contributed by atoms with E-state index in [1.54, 1.807) is 30.5 Å². The summed E-state index contributed by atoms with van der Waals surface area (Å²) in [5.41, 5.74) is 0.544. The van der Waals surface area contributed by atoms with Crippen molar-refractivity contribution in [2.45, 2.75) is 0 Å². The van der Waals surface area contributed by atoms with Gasteiger partial charge in [-0.25, -0.2) is 0 Å². The fourth-order valence-corrected chi connectivity index (χ4v) is 2.49. The van der Waals surface area contributed by atoms with Crippen LogP contribution in [-0.2, 0) is 0 Å². The number of aliphatic imine (C=N–C) groups is 1. The number of nitriles is 1. The van der Waals surface area contributed by atoms with Crippen LogP contribution in [0.15, 0.2) is 29.3 Å². The van der Waals surface area contributed by atoms with Crippen LogP contribution in [0, 0.1) is 11.5 Å². The second kappa shape index (κ2) is 5.21. The molecule has 2 rings (SSSR count). The van der Waals surface area contributed by atoms with Crippen molar-refractivity contribution < 1.29 is 4.79 Å². The molecule has 1 aromatic carbocycles. The van der Waals surface area contributed by atoms with Crippen molar-refractivity contribution in [1.29, 1.82) is 5.26 Å². The van der Waals surface area contributed by atoms with Crippen molar-refractivity contribution in [3.8, 4) is 6.19 Å². The second-order valence-corrected chi connectivity index (χ2v) is 4.81. The monoisotopic (exact) mass is 265 g/mol. The Hall–Kier alpha value is -1.51. The van der Waals surface area contributed by atoms with Gasteiger partial charge in [-0.3, -0.25) is 9.69 Å². The molecule has 0 unspecified atom stereocenters. The first kappa shape index (κ1) is 12.0. The molecule has 4 nitrogen and oxygen atoms in total. The van der Waals surface area contributed by atoms with Gasteiger partial charge in [-0.05, 0) is 24.3 Å². The van der Waals surface area contributed by atoms with Crippen molar-refractivity contribution in [3.63, 3.8) is 0 Å². The summed E-state index contributed by atoms with van der Waals surface area (Å²) in [6.45, 7) is 0.576. The number of amidine groups is 1. The molecule has 1 aromatic rings. The molecule has 0 radical (unpaired) electrons. The third-order valence-electron chi connectivity index (χ3n) is 2.26. The third-order valence-corrected chi connectivity index (χ3v) is 3.47. The first-order chi connectivity index (χ1) is 8.22. The minimum absolute atomic E-state index is 0.152. The largest absolute Gasteiger partial charge is 0.286 e. The van der Waals surface area contributed by atoms with Gasteiger partial charge in [0.05, 0.1) is 0 Å². The highest BCUT2D eigenvalue weighted by molar-refractivity contribution is 8.14. The number of carbonyl (C=O) groups is 1. The molecule has 1 amide bonds. The van der Waals surface area contributed by atoms with E-state index in [0.717, 1.165) is 5.75 Å². The van der Waals surface area contributed by atoms with Gasteiger partial charge in [0.25, 0.3) is 5.91 Å². The molecule has 1 aliphatic heterocycles. The topological polar surface area (TPSA) is 56.5 Å². The molecular formula is C11H8ClN3OS. The van der Waals surface area contributed by atoms with Crippen LogP contribution in [0.5, 0.6) is 0 Å². The van der Waals surface area contributed by atoms with Crippen LogP contribution >= 0.6 is 23.4 Å². The van der Waals surface area contributed by atoms with Crippen LogP contribution in [0.25, 0.3) is 0 Å². The molecule has 0 atom stereocenters. The van der Waals surface area contributed by atoms with E-state index >= 15 is 0 Å². The van der Waals surface area contributed by atoms with Crippen LogP contribution in [0.2, 0.25) is 5.02 Å². The maximum atomic E-state index is 12.1. The van der Waals surface area contributed by atoms with E-state index in [4.69, 9.17) is 16.9 Å². The molecule has 0 aromatic heterocycles. The standard InChI is InChI=1S/C11H8ClN3OS/c12-9-3-1-8(2-4-9)10(16)15-5-6-17-11(15)14-7-13/h1-4H,5-6H2. The van der Waals surface area contributed by atoms with Gasteiger partial charge in [0.1, 0.15) is 0 Å². The second-order valence-electron chi connectivity index (χ2n) is 3.31. The summed E-state index contributed by atoms with van der Waals surface area (Å²) in [5.74, 6) is 0.612. The molecule has 1 saturated heterocycles. The van der Waals surface area contributed by atoms with Gasteiger partial charge in [0.2, 0.25) is 6.19 Å². The average Bonchev–Trinajstić information content (AvgIpc) is 2.78. The van der Waals surface area contributed by atoms with Gasteiger partial charge in [0, 0.05) is 22.9 Å². The zero-order chi connectivity index (χ0) is 12.3. The van der Waals surface area contributed by atoms with E-state index in [0.29, 0.717) is 22.3 Å². The summed E-state index contributed by atoms with van der Waals surface area (Å²) >= 11 is 7.17. The van der Waals surface area contributed by atoms with Crippen LogP contribution in [0.1, 0.15) is 10.4 Å². The minimum atomic E-state index is -0.152. The van der Waals surface area contributed by atoms with Gasteiger partial charge in [-0.1, -0.05) is 23.4 Å². The fourth-order valence-electron chi connectivity index (χ4n) is 1.47.